The molecule has 1 N–H and O–H groups in total. The van der Waals surface area contributed by atoms with Gasteiger partial charge in [-0.15, -0.1) is 0 Å². The molecule has 6 heteroatoms. The Morgan fingerprint density at radius 1 is 1.12 bits per heavy atom. The van der Waals surface area contributed by atoms with E-state index in [4.69, 9.17) is 0 Å². The first-order valence-electron chi connectivity index (χ1n) is 8.53. The average Bonchev–Trinajstić information content (AvgIpc) is 3.13. The molecule has 6 nitrogen and oxygen atoms in total. The van der Waals surface area contributed by atoms with Crippen LogP contribution in [0.2, 0.25) is 0 Å². The zero-order valence-electron chi connectivity index (χ0n) is 15.2. The highest BCUT2D eigenvalue weighted by atomic mass is 16.1. The maximum atomic E-state index is 12.7. The summed E-state index contributed by atoms with van der Waals surface area (Å²) in [6.45, 7) is 2.01. The van der Waals surface area contributed by atoms with E-state index in [-0.39, 0.29) is 18.0 Å². The van der Waals surface area contributed by atoms with Gasteiger partial charge in [0.15, 0.2) is 0 Å². The van der Waals surface area contributed by atoms with Crippen molar-refractivity contribution in [3.63, 3.8) is 0 Å². The van der Waals surface area contributed by atoms with Gasteiger partial charge in [0.2, 0.25) is 0 Å². The van der Waals surface area contributed by atoms with E-state index in [1.54, 1.807) is 29.5 Å². The summed E-state index contributed by atoms with van der Waals surface area (Å²) in [6, 6.07) is 13.9. The van der Waals surface area contributed by atoms with Gasteiger partial charge in [0.25, 0.3) is 5.91 Å². The van der Waals surface area contributed by atoms with Crippen LogP contribution < -0.4 is 5.32 Å². The smallest absolute Gasteiger partial charge is 0.254 e. The minimum absolute atomic E-state index is 0.0679. The molecule has 0 radical (unpaired) electrons. The van der Waals surface area contributed by atoms with Crippen molar-refractivity contribution >= 4 is 5.91 Å². The lowest BCUT2D eigenvalue weighted by Crippen LogP contribution is -2.42. The Hall–Kier alpha value is -2.99. The van der Waals surface area contributed by atoms with Crippen molar-refractivity contribution < 1.29 is 4.79 Å². The number of nitrogens with zero attached hydrogens (tertiary/aromatic N) is 4. The number of hydrogen-bond donors (Lipinski definition) is 1. The normalized spacial score (nSPS) is 13.4. The molecule has 0 unspecified atom stereocenters. The van der Waals surface area contributed by atoms with Gasteiger partial charge in [-0.3, -0.25) is 9.78 Å². The zero-order chi connectivity index (χ0) is 18.5. The number of hydrogen-bond acceptors (Lipinski definition) is 4. The summed E-state index contributed by atoms with van der Waals surface area (Å²) in [5.74, 6) is -0.143. The second-order valence-electron chi connectivity index (χ2n) is 6.47. The van der Waals surface area contributed by atoms with E-state index in [1.807, 2.05) is 51.4 Å². The number of pyridine rings is 1. The van der Waals surface area contributed by atoms with Crippen molar-refractivity contribution in [1.29, 1.82) is 0 Å². The molecule has 3 aromatic rings. The molecule has 0 saturated carbocycles. The summed E-state index contributed by atoms with van der Waals surface area (Å²) in [7, 11) is 4.03. The van der Waals surface area contributed by atoms with E-state index >= 15 is 0 Å². The van der Waals surface area contributed by atoms with Crippen LogP contribution in [0.25, 0.3) is 5.69 Å². The highest BCUT2D eigenvalue weighted by molar-refractivity contribution is 5.94. The van der Waals surface area contributed by atoms with Gasteiger partial charge < -0.3 is 10.2 Å². The van der Waals surface area contributed by atoms with E-state index in [9.17, 15) is 4.79 Å². The highest BCUT2D eigenvalue weighted by Gasteiger charge is 2.23. The fourth-order valence-corrected chi connectivity index (χ4v) is 3.12. The summed E-state index contributed by atoms with van der Waals surface area (Å²) in [6.07, 6.45) is 6.69. The van der Waals surface area contributed by atoms with Crippen molar-refractivity contribution in [2.45, 2.75) is 19.0 Å². The molecule has 0 aliphatic carbocycles. The molecule has 0 fully saturated rings. The molecule has 1 aromatic carbocycles. The molecule has 2 heterocycles. The lowest BCUT2D eigenvalue weighted by Gasteiger charge is -2.31. The monoisotopic (exact) mass is 349 g/mol. The van der Waals surface area contributed by atoms with Crippen LogP contribution >= 0.6 is 0 Å². The number of nitrogens with one attached hydrogen (secondary N) is 1. The lowest BCUT2D eigenvalue weighted by molar-refractivity contribution is 0.0915. The first-order chi connectivity index (χ1) is 12.6. The Kier molecular flexibility index (Phi) is 5.43. The van der Waals surface area contributed by atoms with Gasteiger partial charge in [-0.05, 0) is 38.7 Å². The van der Waals surface area contributed by atoms with Gasteiger partial charge in [0.1, 0.15) is 0 Å². The van der Waals surface area contributed by atoms with Crippen LogP contribution in [0, 0.1) is 0 Å². The third kappa shape index (κ3) is 3.97. The Morgan fingerprint density at radius 3 is 2.54 bits per heavy atom. The van der Waals surface area contributed by atoms with E-state index in [1.165, 1.54) is 0 Å². The number of likely N-dealkylation sites (N-methyl/N-ethyl adjacent to an activating group) is 1. The molecule has 2 atom stereocenters. The molecule has 3 rings (SSSR count). The largest absolute Gasteiger partial charge is 0.348 e. The van der Waals surface area contributed by atoms with Crippen LogP contribution in [0.1, 0.15) is 28.9 Å². The van der Waals surface area contributed by atoms with Gasteiger partial charge in [0, 0.05) is 18.4 Å². The van der Waals surface area contributed by atoms with Crippen LogP contribution in [-0.4, -0.2) is 45.7 Å². The summed E-state index contributed by atoms with van der Waals surface area (Å²) in [5.41, 5.74) is 2.50. The second-order valence-corrected chi connectivity index (χ2v) is 6.47. The predicted molar refractivity (Wildman–Crippen MR) is 101 cm³/mol. The molecule has 0 bridgehead atoms. The maximum absolute atomic E-state index is 12.7. The number of amides is 1. The molecule has 0 aliphatic heterocycles. The molecule has 0 spiro atoms. The first kappa shape index (κ1) is 17.8. The van der Waals surface area contributed by atoms with Gasteiger partial charge in [-0.25, -0.2) is 4.68 Å². The van der Waals surface area contributed by atoms with E-state index < -0.39 is 0 Å². The molecule has 0 aliphatic rings. The van der Waals surface area contributed by atoms with Crippen molar-refractivity contribution in [3.8, 4) is 5.69 Å². The fourth-order valence-electron chi connectivity index (χ4n) is 3.12. The lowest BCUT2D eigenvalue weighted by atomic mass is 9.99. The minimum atomic E-state index is -0.143. The van der Waals surface area contributed by atoms with Crippen LogP contribution in [0.5, 0.6) is 0 Å². The number of carbonyl (C=O) groups excluding carboxylic acids is 1. The first-order valence-corrected chi connectivity index (χ1v) is 8.53. The predicted octanol–water partition coefficient (Wildman–Crippen LogP) is 2.69. The van der Waals surface area contributed by atoms with E-state index in [2.05, 4.69) is 32.4 Å². The molecule has 0 saturated heterocycles. The maximum Gasteiger partial charge on any atom is 0.254 e. The third-order valence-corrected chi connectivity index (χ3v) is 4.29. The molecular weight excluding hydrogens is 326 g/mol. The van der Waals surface area contributed by atoms with Crippen LogP contribution in [0.15, 0.2) is 67.3 Å². The Bertz CT molecular complexity index is 845. The third-order valence-electron chi connectivity index (χ3n) is 4.29. The molecule has 26 heavy (non-hydrogen) atoms. The van der Waals surface area contributed by atoms with Crippen LogP contribution in [0.3, 0.4) is 0 Å². The van der Waals surface area contributed by atoms with E-state index in [0.29, 0.717) is 5.56 Å². The summed E-state index contributed by atoms with van der Waals surface area (Å²) < 4.78 is 1.65. The number of carbonyl (C=O) groups is 1. The highest BCUT2D eigenvalue weighted by Crippen LogP contribution is 2.22. The fraction of sp³-hybridized carbons (Fsp3) is 0.250. The van der Waals surface area contributed by atoms with Crippen molar-refractivity contribution in [2.75, 3.05) is 14.1 Å². The standard InChI is InChI=1S/C20H23N5O/c1-15(19(24(2)3)16-8-5-4-6-9-16)23-20(26)17-12-22-25(14-17)18-10-7-11-21-13-18/h4-15,19H,1-3H3,(H,23,26)/t15-,19-/m0/s1. The minimum Gasteiger partial charge on any atom is -0.348 e. The number of benzene rings is 1. The zero-order valence-corrected chi connectivity index (χ0v) is 15.2. The molecular formula is C20H23N5O. The Balaban J connectivity index is 1.74. The van der Waals surface area contributed by atoms with Crippen LogP contribution in [-0.2, 0) is 0 Å². The summed E-state index contributed by atoms with van der Waals surface area (Å²) in [4.78, 5) is 18.8. The van der Waals surface area contributed by atoms with Gasteiger partial charge in [-0.2, -0.15) is 5.10 Å². The quantitative estimate of drug-likeness (QED) is 0.743. The summed E-state index contributed by atoms with van der Waals surface area (Å²) >= 11 is 0. The van der Waals surface area contributed by atoms with Gasteiger partial charge in [-0.1, -0.05) is 30.3 Å². The topological polar surface area (TPSA) is 63.1 Å². The molecule has 134 valence electrons. The van der Waals surface area contributed by atoms with Gasteiger partial charge in [0.05, 0.1) is 29.7 Å². The SMILES string of the molecule is C[C@H](NC(=O)c1cnn(-c2cccnc2)c1)[C@@H](c1ccccc1)N(C)C. The second kappa shape index (κ2) is 7.93. The molecule has 1 amide bonds. The van der Waals surface area contributed by atoms with E-state index in [0.717, 1.165) is 11.3 Å². The Morgan fingerprint density at radius 2 is 1.88 bits per heavy atom. The number of aromatic nitrogens is 3. The van der Waals surface area contributed by atoms with Gasteiger partial charge >= 0.3 is 0 Å². The molecule has 2 aromatic heterocycles. The van der Waals surface area contributed by atoms with Crippen molar-refractivity contribution in [3.05, 3.63) is 78.4 Å². The average molecular weight is 349 g/mol. The Labute approximate surface area is 153 Å². The van der Waals surface area contributed by atoms with Crippen LogP contribution in [0.4, 0.5) is 0 Å². The summed E-state index contributed by atoms with van der Waals surface area (Å²) in [5, 5.41) is 7.35. The van der Waals surface area contributed by atoms with Crippen molar-refractivity contribution in [2.24, 2.45) is 0 Å². The van der Waals surface area contributed by atoms with Crippen molar-refractivity contribution in [1.82, 2.24) is 25.0 Å². The number of rotatable bonds is 6.